The lowest BCUT2D eigenvalue weighted by Crippen LogP contribution is -2.24. The lowest BCUT2D eigenvalue weighted by molar-refractivity contribution is 0.582. The Morgan fingerprint density at radius 2 is 1.79 bits per heavy atom. The molecule has 0 saturated carbocycles. The van der Waals surface area contributed by atoms with Crippen LogP contribution in [0.3, 0.4) is 0 Å². The highest BCUT2D eigenvalue weighted by atomic mass is 16.4. The summed E-state index contributed by atoms with van der Waals surface area (Å²) in [5, 5.41) is 8.32. The molecule has 1 aromatic carbocycles. The third-order valence-corrected chi connectivity index (χ3v) is 5.50. The van der Waals surface area contributed by atoms with E-state index in [2.05, 4.69) is 36.0 Å². The molecule has 0 fully saturated rings. The summed E-state index contributed by atoms with van der Waals surface area (Å²) in [4.78, 5) is 15.4. The van der Waals surface area contributed by atoms with Crippen molar-refractivity contribution in [2.24, 2.45) is 5.73 Å². The molecule has 0 atom stereocenters. The van der Waals surface area contributed by atoms with Crippen molar-refractivity contribution in [1.29, 1.82) is 0 Å². The van der Waals surface area contributed by atoms with E-state index >= 15 is 0 Å². The molecule has 3 heterocycles. The van der Waals surface area contributed by atoms with Crippen LogP contribution in [0.15, 0.2) is 53.2 Å². The standard InChI is InChI=1S/C25H26N8O/c1-5-25(2,3)20-14-17(10-12-28-20)19-15-29-22(27)21(30-19)24-32-31-23(34-24)16-6-8-18(9-7-16)33(4)13-11-26/h1,6-10,12,14-15H,11,13,26H2,2-4H3,(H2,27,29). The summed E-state index contributed by atoms with van der Waals surface area (Å²) < 4.78 is 5.89. The highest BCUT2D eigenvalue weighted by molar-refractivity contribution is 5.69. The molecular formula is C25H26N8O. The van der Waals surface area contributed by atoms with Gasteiger partial charge < -0.3 is 20.8 Å². The molecule has 9 heteroatoms. The van der Waals surface area contributed by atoms with Gasteiger partial charge in [0.05, 0.1) is 23.0 Å². The third-order valence-electron chi connectivity index (χ3n) is 5.50. The van der Waals surface area contributed by atoms with Gasteiger partial charge in [-0.1, -0.05) is 5.92 Å². The second-order valence-electron chi connectivity index (χ2n) is 8.36. The van der Waals surface area contributed by atoms with Gasteiger partial charge in [0, 0.05) is 43.1 Å². The summed E-state index contributed by atoms with van der Waals surface area (Å²) in [5.74, 6) is 3.49. The van der Waals surface area contributed by atoms with E-state index in [0.717, 1.165) is 29.1 Å². The molecule has 0 aliphatic heterocycles. The number of likely N-dealkylation sites (N-methyl/N-ethyl adjacent to an activating group) is 1. The van der Waals surface area contributed by atoms with Crippen LogP contribution in [0.5, 0.6) is 0 Å². The number of rotatable bonds is 7. The fraction of sp³-hybridized carbons (Fsp3) is 0.240. The number of hydrogen-bond donors (Lipinski definition) is 2. The first-order valence-corrected chi connectivity index (χ1v) is 10.7. The van der Waals surface area contributed by atoms with Crippen LogP contribution in [-0.4, -0.2) is 45.3 Å². The summed E-state index contributed by atoms with van der Waals surface area (Å²) >= 11 is 0. The zero-order valence-corrected chi connectivity index (χ0v) is 19.4. The Labute approximate surface area is 198 Å². The van der Waals surface area contributed by atoms with Crippen molar-refractivity contribution in [1.82, 2.24) is 25.1 Å². The zero-order chi connectivity index (χ0) is 24.3. The van der Waals surface area contributed by atoms with Gasteiger partial charge in [-0.15, -0.1) is 16.6 Å². The SMILES string of the molecule is C#CC(C)(C)c1cc(-c2cnc(N)c(-c3nnc(-c4ccc(N(C)CCN)cc4)o3)n2)ccn1. The first-order valence-electron chi connectivity index (χ1n) is 10.7. The van der Waals surface area contributed by atoms with E-state index in [4.69, 9.17) is 22.3 Å². The van der Waals surface area contributed by atoms with Gasteiger partial charge >= 0.3 is 0 Å². The molecule has 0 bridgehead atoms. The molecule has 4 N–H and O–H groups in total. The van der Waals surface area contributed by atoms with Gasteiger partial charge in [-0.25, -0.2) is 9.97 Å². The highest BCUT2D eigenvalue weighted by Crippen LogP contribution is 2.30. The number of aromatic nitrogens is 5. The third kappa shape index (κ3) is 4.58. The predicted molar refractivity (Wildman–Crippen MR) is 133 cm³/mol. The van der Waals surface area contributed by atoms with E-state index in [1.807, 2.05) is 57.3 Å². The molecule has 172 valence electrons. The molecule has 0 radical (unpaired) electrons. The molecular weight excluding hydrogens is 428 g/mol. The van der Waals surface area contributed by atoms with Crippen molar-refractivity contribution in [2.45, 2.75) is 19.3 Å². The fourth-order valence-corrected chi connectivity index (χ4v) is 3.32. The van der Waals surface area contributed by atoms with E-state index < -0.39 is 5.41 Å². The lowest BCUT2D eigenvalue weighted by atomic mass is 9.89. The summed E-state index contributed by atoms with van der Waals surface area (Å²) in [7, 11) is 1.99. The maximum atomic E-state index is 6.09. The van der Waals surface area contributed by atoms with Crippen molar-refractivity contribution < 1.29 is 4.42 Å². The predicted octanol–water partition coefficient (Wildman–Crippen LogP) is 3.14. The van der Waals surface area contributed by atoms with Crippen LogP contribution in [-0.2, 0) is 5.41 Å². The average molecular weight is 455 g/mol. The Morgan fingerprint density at radius 1 is 1.06 bits per heavy atom. The Bertz CT molecular complexity index is 1340. The number of pyridine rings is 1. The molecule has 0 aliphatic carbocycles. The smallest absolute Gasteiger partial charge is 0.270 e. The van der Waals surface area contributed by atoms with Crippen LogP contribution < -0.4 is 16.4 Å². The second kappa shape index (κ2) is 9.29. The molecule has 4 rings (SSSR count). The first kappa shape index (κ1) is 22.9. The molecule has 34 heavy (non-hydrogen) atoms. The van der Waals surface area contributed by atoms with E-state index in [1.165, 1.54) is 0 Å². The Balaban J connectivity index is 1.64. The largest absolute Gasteiger partial charge is 0.414 e. The molecule has 9 nitrogen and oxygen atoms in total. The lowest BCUT2D eigenvalue weighted by Gasteiger charge is -2.18. The quantitative estimate of drug-likeness (QED) is 0.404. The summed E-state index contributed by atoms with van der Waals surface area (Å²) in [6.45, 7) is 5.21. The first-order chi connectivity index (χ1) is 16.3. The number of hydrogen-bond acceptors (Lipinski definition) is 9. The number of benzene rings is 1. The van der Waals surface area contributed by atoms with E-state index in [0.29, 0.717) is 23.8 Å². The minimum atomic E-state index is -0.518. The van der Waals surface area contributed by atoms with Crippen LogP contribution in [0.4, 0.5) is 11.5 Å². The summed E-state index contributed by atoms with van der Waals surface area (Å²) in [5.41, 5.74) is 15.5. The Morgan fingerprint density at radius 3 is 2.50 bits per heavy atom. The van der Waals surface area contributed by atoms with Crippen LogP contribution in [0.25, 0.3) is 34.3 Å². The number of nitrogens with two attached hydrogens (primary N) is 2. The topological polar surface area (TPSA) is 133 Å². The molecule has 0 amide bonds. The van der Waals surface area contributed by atoms with Crippen LogP contribution >= 0.6 is 0 Å². The average Bonchev–Trinajstić information content (AvgIpc) is 3.35. The normalized spacial score (nSPS) is 11.3. The monoisotopic (exact) mass is 454 g/mol. The molecule has 3 aromatic heterocycles. The number of nitrogens with zero attached hydrogens (tertiary/aromatic N) is 6. The van der Waals surface area contributed by atoms with Crippen molar-refractivity contribution in [3.63, 3.8) is 0 Å². The number of terminal acetylenes is 1. The Hall–Kier alpha value is -4.29. The van der Waals surface area contributed by atoms with Crippen molar-refractivity contribution in [3.8, 4) is 46.6 Å². The maximum absolute atomic E-state index is 6.09. The number of anilines is 2. The number of nitrogen functional groups attached to an aromatic ring is 1. The van der Waals surface area contributed by atoms with Gasteiger partial charge in [-0.05, 0) is 50.2 Å². The summed E-state index contributed by atoms with van der Waals surface area (Å²) in [6, 6.07) is 11.5. The van der Waals surface area contributed by atoms with Gasteiger partial charge in [0.2, 0.25) is 5.89 Å². The highest BCUT2D eigenvalue weighted by Gasteiger charge is 2.21. The van der Waals surface area contributed by atoms with Gasteiger partial charge in [0.1, 0.15) is 0 Å². The second-order valence-corrected chi connectivity index (χ2v) is 8.36. The van der Waals surface area contributed by atoms with Crippen molar-refractivity contribution in [2.75, 3.05) is 30.8 Å². The molecule has 0 spiro atoms. The minimum absolute atomic E-state index is 0.185. The maximum Gasteiger partial charge on any atom is 0.270 e. The van der Waals surface area contributed by atoms with Gasteiger partial charge in [-0.2, -0.15) is 0 Å². The molecule has 0 aliphatic rings. The van der Waals surface area contributed by atoms with Crippen LogP contribution in [0.1, 0.15) is 19.5 Å². The minimum Gasteiger partial charge on any atom is -0.414 e. The van der Waals surface area contributed by atoms with Gasteiger partial charge in [0.25, 0.3) is 5.89 Å². The molecule has 0 saturated heterocycles. The van der Waals surface area contributed by atoms with E-state index in [9.17, 15) is 0 Å². The van der Waals surface area contributed by atoms with Crippen molar-refractivity contribution in [3.05, 3.63) is 54.5 Å². The molecule has 0 unspecified atom stereocenters. The summed E-state index contributed by atoms with van der Waals surface area (Å²) in [6.07, 6.45) is 8.95. The van der Waals surface area contributed by atoms with Crippen LogP contribution in [0, 0.1) is 12.3 Å². The van der Waals surface area contributed by atoms with Crippen molar-refractivity contribution >= 4 is 11.5 Å². The van der Waals surface area contributed by atoms with E-state index in [1.54, 1.807) is 12.4 Å². The van der Waals surface area contributed by atoms with E-state index in [-0.39, 0.29) is 11.7 Å². The fourth-order valence-electron chi connectivity index (χ4n) is 3.32. The zero-order valence-electron chi connectivity index (χ0n) is 19.4. The molecule has 4 aromatic rings. The van der Waals surface area contributed by atoms with Gasteiger partial charge in [-0.3, -0.25) is 4.98 Å². The Kier molecular flexibility index (Phi) is 6.25. The van der Waals surface area contributed by atoms with Crippen LogP contribution in [0.2, 0.25) is 0 Å². The van der Waals surface area contributed by atoms with Gasteiger partial charge in [0.15, 0.2) is 11.5 Å².